The summed E-state index contributed by atoms with van der Waals surface area (Å²) in [5, 5.41) is 2.60. The molecule has 0 amide bonds. The maximum Gasteiger partial charge on any atom is 0.252 e. The van der Waals surface area contributed by atoms with Crippen LogP contribution in [0.3, 0.4) is 0 Å². The highest BCUT2D eigenvalue weighted by atomic mass is 127. The molecular formula is C85H86BIN4OS. The molecule has 8 heteroatoms. The smallest absolute Gasteiger partial charge is 0.252 e. The van der Waals surface area contributed by atoms with Gasteiger partial charge in [-0.1, -0.05) is 236 Å². The topological polar surface area (TPSA) is 23.9 Å². The van der Waals surface area contributed by atoms with Crippen molar-refractivity contribution >= 4 is 139 Å². The Morgan fingerprint density at radius 1 is 0.441 bits per heavy atom. The third-order valence-electron chi connectivity index (χ3n) is 20.3. The molecule has 468 valence electrons. The van der Waals surface area contributed by atoms with E-state index < -0.39 is 0 Å². The SMILES string of the molecule is CC(C)(C)c1ccc(N(c2ccc(C(C)(C)C)cc2)c2ccc3c(c2)N(C2C=CC=C4c5ccc(C(C)(C)C)cc5OC42)c2cc(N(c4ccc(C(C)(C)C)cc4)c4ccc(C(C)(C)I)cc4)cc4c2B3c2cc(C(C)(C)C)cc3c5sc6ccccc6c5n-4c23)cc1. The van der Waals surface area contributed by atoms with Gasteiger partial charge in [0, 0.05) is 75.5 Å². The number of hydrogen-bond donors (Lipinski definition) is 0. The minimum atomic E-state index is -0.321. The third kappa shape index (κ3) is 10.3. The summed E-state index contributed by atoms with van der Waals surface area (Å²) in [7, 11) is 0. The quantitative estimate of drug-likeness (QED) is 0.0860. The van der Waals surface area contributed by atoms with Gasteiger partial charge in [-0.15, -0.1) is 11.3 Å². The van der Waals surface area contributed by atoms with E-state index in [0.717, 1.165) is 45.6 Å². The van der Waals surface area contributed by atoms with Crippen LogP contribution in [0.15, 0.2) is 200 Å². The maximum absolute atomic E-state index is 7.58. The lowest BCUT2D eigenvalue weighted by molar-refractivity contribution is 0.258. The fourth-order valence-electron chi connectivity index (χ4n) is 14.9. The number of aromatic nitrogens is 1. The van der Waals surface area contributed by atoms with E-state index in [-0.39, 0.29) is 49.4 Å². The molecule has 5 nitrogen and oxygen atoms in total. The molecule has 0 saturated heterocycles. The average Bonchev–Trinajstić information content (AvgIpc) is 1.61. The molecule has 0 fully saturated rings. The second-order valence-corrected chi connectivity index (χ2v) is 36.1. The Bertz CT molecular complexity index is 4770. The summed E-state index contributed by atoms with van der Waals surface area (Å²) in [5.41, 5.74) is 26.6. The van der Waals surface area contributed by atoms with Crippen molar-refractivity contribution in [3.05, 3.63) is 239 Å². The minimum absolute atomic E-state index is 0.00888. The molecule has 1 aliphatic carbocycles. The van der Waals surface area contributed by atoms with E-state index in [9.17, 15) is 0 Å². The Hall–Kier alpha value is -7.79. The number of fused-ring (bicyclic) bond motifs is 12. The number of ether oxygens (including phenoxy) is 1. The van der Waals surface area contributed by atoms with Crippen molar-refractivity contribution in [1.82, 2.24) is 4.57 Å². The first-order valence-corrected chi connectivity index (χ1v) is 35.3. The first-order chi connectivity index (χ1) is 43.9. The summed E-state index contributed by atoms with van der Waals surface area (Å²) in [6, 6.07) is 70.8. The van der Waals surface area contributed by atoms with Crippen LogP contribution in [0.25, 0.3) is 42.5 Å². The van der Waals surface area contributed by atoms with Crippen LogP contribution >= 0.6 is 33.9 Å². The molecule has 11 aromatic rings. The van der Waals surface area contributed by atoms with E-state index in [1.54, 1.807) is 0 Å². The molecule has 15 rings (SSSR count). The van der Waals surface area contributed by atoms with Crippen molar-refractivity contribution in [3.8, 4) is 11.4 Å². The van der Waals surface area contributed by atoms with Crippen molar-refractivity contribution in [2.24, 2.45) is 0 Å². The standard InChI is InChI=1S/C85H86BIN4OS/c1-80(2,3)51-25-34-57(35-26-51)88(58-36-27-52(28-37-58)81(4,5)6)61-42-44-67-70(48-61)90(69-23-20-22-64-63-43-33-55(83(10,11)12)47-73(63)92-78(64)69)71-49-62(89(59-38-29-53(30-39-59)82(7,8)9)60-40-31-54(32-41-60)85(16,17)87)50-72-75(71)86(67)68-46-56(84(13,14)15)45-66-76(68)91(72)77-65-21-18-19-24-74(65)93-79(66)77/h18-50,69,78H,1-17H3. The summed E-state index contributed by atoms with van der Waals surface area (Å²) >= 11 is 4.52. The zero-order valence-electron chi connectivity index (χ0n) is 57.3. The Balaban J connectivity index is 1.07. The first-order valence-electron chi connectivity index (χ1n) is 33.4. The zero-order chi connectivity index (χ0) is 65.4. The van der Waals surface area contributed by atoms with Crippen molar-refractivity contribution in [2.45, 2.75) is 160 Å². The molecule has 93 heavy (non-hydrogen) atoms. The predicted octanol–water partition coefficient (Wildman–Crippen LogP) is 22.2. The average molecular weight is 1350 g/mol. The molecule has 2 aromatic heterocycles. The Morgan fingerprint density at radius 3 is 1.48 bits per heavy atom. The van der Waals surface area contributed by atoms with Crippen molar-refractivity contribution < 1.29 is 4.74 Å². The normalized spacial score (nSPS) is 16.1. The number of allylic oxidation sites excluding steroid dienone is 2. The Morgan fingerprint density at radius 2 is 0.935 bits per heavy atom. The van der Waals surface area contributed by atoms with Gasteiger partial charge in [0.2, 0.25) is 0 Å². The fraction of sp³-hybridized carbons (Fsp3) is 0.294. The van der Waals surface area contributed by atoms with Gasteiger partial charge < -0.3 is 24.0 Å². The van der Waals surface area contributed by atoms with E-state index >= 15 is 0 Å². The van der Waals surface area contributed by atoms with Gasteiger partial charge in [0.05, 0.1) is 27.5 Å². The Kier molecular flexibility index (Phi) is 14.1. The van der Waals surface area contributed by atoms with E-state index in [1.165, 1.54) is 103 Å². The molecule has 0 bridgehead atoms. The number of alkyl halides is 1. The number of anilines is 8. The summed E-state index contributed by atoms with van der Waals surface area (Å²) < 4.78 is 12.9. The Labute approximate surface area is 570 Å². The summed E-state index contributed by atoms with van der Waals surface area (Å²) in [5.74, 6) is 0.948. The lowest BCUT2D eigenvalue weighted by atomic mass is 9.33. The molecule has 0 radical (unpaired) electrons. The summed E-state index contributed by atoms with van der Waals surface area (Å²) in [6.07, 6.45) is 6.72. The zero-order valence-corrected chi connectivity index (χ0v) is 60.2. The summed E-state index contributed by atoms with van der Waals surface area (Å²) in [6.45, 7) is 39.2. The van der Waals surface area contributed by atoms with Crippen LogP contribution in [0, 0.1) is 0 Å². The molecular weight excluding hydrogens is 1260 g/mol. The maximum atomic E-state index is 7.58. The molecule has 3 aliphatic heterocycles. The predicted molar refractivity (Wildman–Crippen MR) is 411 cm³/mol. The van der Waals surface area contributed by atoms with Crippen LogP contribution in [0.1, 0.15) is 157 Å². The molecule has 9 aromatic carbocycles. The molecule has 5 heterocycles. The van der Waals surface area contributed by atoms with Gasteiger partial charge >= 0.3 is 0 Å². The van der Waals surface area contributed by atoms with Crippen molar-refractivity contribution in [3.63, 3.8) is 0 Å². The number of thiophene rings is 1. The number of rotatable bonds is 8. The van der Waals surface area contributed by atoms with Crippen LogP contribution in [-0.2, 0) is 30.5 Å². The molecule has 0 saturated carbocycles. The highest BCUT2D eigenvalue weighted by Gasteiger charge is 2.48. The van der Waals surface area contributed by atoms with Gasteiger partial charge in [0.1, 0.15) is 11.9 Å². The molecule has 2 atom stereocenters. The van der Waals surface area contributed by atoms with Gasteiger partial charge in [0.25, 0.3) is 6.71 Å². The van der Waals surface area contributed by atoms with Crippen LogP contribution in [0.2, 0.25) is 0 Å². The van der Waals surface area contributed by atoms with E-state index in [4.69, 9.17) is 4.74 Å². The van der Waals surface area contributed by atoms with Crippen LogP contribution in [-0.4, -0.2) is 23.4 Å². The van der Waals surface area contributed by atoms with E-state index in [2.05, 4.69) is 360 Å². The number of halogens is 1. The highest BCUT2D eigenvalue weighted by Crippen LogP contribution is 2.52. The monoisotopic (exact) mass is 1350 g/mol. The first kappa shape index (κ1) is 61.4. The van der Waals surface area contributed by atoms with Crippen molar-refractivity contribution in [1.29, 1.82) is 0 Å². The highest BCUT2D eigenvalue weighted by molar-refractivity contribution is 14.1. The van der Waals surface area contributed by atoms with Crippen LogP contribution < -0.4 is 35.8 Å². The molecule has 0 spiro atoms. The van der Waals surface area contributed by atoms with E-state index in [1.807, 2.05) is 11.3 Å². The van der Waals surface area contributed by atoms with Crippen LogP contribution in [0.4, 0.5) is 45.5 Å². The van der Waals surface area contributed by atoms with Gasteiger partial charge in [-0.05, 0) is 182 Å². The van der Waals surface area contributed by atoms with E-state index in [0.29, 0.717) is 0 Å². The third-order valence-corrected chi connectivity index (χ3v) is 22.1. The van der Waals surface area contributed by atoms with Gasteiger partial charge in [-0.3, -0.25) is 0 Å². The van der Waals surface area contributed by atoms with Gasteiger partial charge in [-0.2, -0.15) is 0 Å². The lowest BCUT2D eigenvalue weighted by Crippen LogP contribution is -2.63. The molecule has 0 N–H and O–H groups in total. The molecule has 4 aliphatic rings. The molecule has 2 unspecified atom stereocenters. The second-order valence-electron chi connectivity index (χ2n) is 32.3. The number of benzene rings is 9. The largest absolute Gasteiger partial charge is 0.483 e. The van der Waals surface area contributed by atoms with Gasteiger partial charge in [0.15, 0.2) is 0 Å². The minimum Gasteiger partial charge on any atom is -0.483 e. The van der Waals surface area contributed by atoms with Crippen molar-refractivity contribution in [2.75, 3.05) is 14.7 Å². The second kappa shape index (κ2) is 21.4. The fourth-order valence-corrected chi connectivity index (χ4v) is 16.5. The summed E-state index contributed by atoms with van der Waals surface area (Å²) in [4.78, 5) is 7.73. The number of hydrogen-bond acceptors (Lipinski definition) is 5. The van der Waals surface area contributed by atoms with Gasteiger partial charge in [-0.25, -0.2) is 0 Å². The lowest BCUT2D eigenvalue weighted by Gasteiger charge is -2.46. The van der Waals surface area contributed by atoms with Crippen LogP contribution in [0.5, 0.6) is 5.75 Å². The number of nitrogens with zero attached hydrogens (tertiary/aromatic N) is 4.